The van der Waals surface area contributed by atoms with Gasteiger partial charge in [0.25, 0.3) is 0 Å². The SMILES string of the molecule is O=C(C[C@H]1C(=O)NCCN1S(=O)(=O)c1ccccc1)NCc1ccccc1. The molecule has 1 aliphatic rings. The van der Waals surface area contributed by atoms with Gasteiger partial charge in [0.2, 0.25) is 21.8 Å². The van der Waals surface area contributed by atoms with Crippen LogP contribution in [0.1, 0.15) is 12.0 Å². The van der Waals surface area contributed by atoms with Crippen LogP contribution in [-0.4, -0.2) is 43.7 Å². The largest absolute Gasteiger partial charge is 0.353 e. The molecule has 1 fully saturated rings. The molecule has 1 saturated heterocycles. The summed E-state index contributed by atoms with van der Waals surface area (Å²) in [6.07, 6.45) is -0.231. The Labute approximate surface area is 158 Å². The third-order valence-corrected chi connectivity index (χ3v) is 6.27. The van der Waals surface area contributed by atoms with Gasteiger partial charge in [-0.3, -0.25) is 9.59 Å². The number of sulfonamides is 1. The Hall–Kier alpha value is -2.71. The molecule has 0 unspecified atom stereocenters. The van der Waals surface area contributed by atoms with Gasteiger partial charge in [-0.25, -0.2) is 8.42 Å². The second-order valence-corrected chi connectivity index (χ2v) is 8.09. The molecule has 0 bridgehead atoms. The van der Waals surface area contributed by atoms with E-state index in [-0.39, 0.29) is 30.3 Å². The number of carbonyl (C=O) groups excluding carboxylic acids is 2. The molecule has 142 valence electrons. The zero-order chi connectivity index (χ0) is 19.3. The van der Waals surface area contributed by atoms with Crippen molar-refractivity contribution in [2.45, 2.75) is 23.9 Å². The Morgan fingerprint density at radius 3 is 2.37 bits per heavy atom. The summed E-state index contributed by atoms with van der Waals surface area (Å²) in [5.74, 6) is -0.843. The molecular formula is C19H21N3O4S. The highest BCUT2D eigenvalue weighted by molar-refractivity contribution is 7.89. The molecule has 0 saturated carbocycles. The minimum absolute atomic E-state index is 0.106. The summed E-state index contributed by atoms with van der Waals surface area (Å²) in [6.45, 7) is 0.659. The second kappa shape index (κ2) is 8.32. The first kappa shape index (κ1) is 19.1. The molecule has 3 rings (SSSR count). The van der Waals surface area contributed by atoms with Crippen LogP contribution in [0.2, 0.25) is 0 Å². The topological polar surface area (TPSA) is 95.6 Å². The summed E-state index contributed by atoms with van der Waals surface area (Å²) in [6, 6.07) is 16.2. The minimum atomic E-state index is -3.86. The van der Waals surface area contributed by atoms with Gasteiger partial charge in [-0.2, -0.15) is 4.31 Å². The van der Waals surface area contributed by atoms with Crippen molar-refractivity contribution < 1.29 is 18.0 Å². The van der Waals surface area contributed by atoms with Gasteiger partial charge < -0.3 is 10.6 Å². The van der Waals surface area contributed by atoms with E-state index in [0.717, 1.165) is 9.87 Å². The normalized spacial score (nSPS) is 17.9. The van der Waals surface area contributed by atoms with E-state index in [0.29, 0.717) is 6.54 Å². The van der Waals surface area contributed by atoms with Crippen molar-refractivity contribution in [1.29, 1.82) is 0 Å². The van der Waals surface area contributed by atoms with Gasteiger partial charge in [0.15, 0.2) is 0 Å². The van der Waals surface area contributed by atoms with Crippen molar-refractivity contribution in [3.63, 3.8) is 0 Å². The number of benzene rings is 2. The molecule has 1 heterocycles. The Morgan fingerprint density at radius 1 is 1.07 bits per heavy atom. The fourth-order valence-electron chi connectivity index (χ4n) is 2.95. The Kier molecular flexibility index (Phi) is 5.88. The summed E-state index contributed by atoms with van der Waals surface area (Å²) >= 11 is 0. The van der Waals surface area contributed by atoms with Crippen LogP contribution < -0.4 is 10.6 Å². The van der Waals surface area contributed by atoms with Crippen molar-refractivity contribution in [2.24, 2.45) is 0 Å². The maximum absolute atomic E-state index is 12.9. The Balaban J connectivity index is 1.73. The third kappa shape index (κ3) is 4.53. The van der Waals surface area contributed by atoms with Crippen molar-refractivity contribution in [3.05, 3.63) is 66.2 Å². The zero-order valence-corrected chi connectivity index (χ0v) is 15.5. The van der Waals surface area contributed by atoms with Gasteiger partial charge in [-0.1, -0.05) is 48.5 Å². The number of nitrogens with zero attached hydrogens (tertiary/aromatic N) is 1. The van der Waals surface area contributed by atoms with Gasteiger partial charge in [0.1, 0.15) is 6.04 Å². The maximum atomic E-state index is 12.9. The number of hydrogen-bond donors (Lipinski definition) is 2. The lowest BCUT2D eigenvalue weighted by Gasteiger charge is -2.33. The van der Waals surface area contributed by atoms with E-state index in [1.54, 1.807) is 18.2 Å². The van der Waals surface area contributed by atoms with Crippen LogP contribution in [0.15, 0.2) is 65.6 Å². The fraction of sp³-hybridized carbons (Fsp3) is 0.263. The molecule has 8 heteroatoms. The molecule has 1 atom stereocenters. The van der Waals surface area contributed by atoms with E-state index in [1.165, 1.54) is 12.1 Å². The second-order valence-electron chi connectivity index (χ2n) is 6.20. The van der Waals surface area contributed by atoms with Crippen molar-refractivity contribution in [3.8, 4) is 0 Å². The molecule has 1 aliphatic heterocycles. The van der Waals surface area contributed by atoms with E-state index >= 15 is 0 Å². The molecule has 0 aromatic heterocycles. The lowest BCUT2D eigenvalue weighted by Crippen LogP contribution is -2.58. The molecular weight excluding hydrogens is 366 g/mol. The molecule has 0 aliphatic carbocycles. The standard InChI is InChI=1S/C19H21N3O4S/c23-18(21-14-15-7-3-1-4-8-15)13-17-19(24)20-11-12-22(17)27(25,26)16-9-5-2-6-10-16/h1-10,17H,11-14H2,(H,20,24)(H,21,23)/t17-/m0/s1. The van der Waals surface area contributed by atoms with Gasteiger partial charge >= 0.3 is 0 Å². The quantitative estimate of drug-likeness (QED) is 0.769. The summed E-state index contributed by atoms with van der Waals surface area (Å²) in [5.41, 5.74) is 0.924. The van der Waals surface area contributed by atoms with Crippen LogP contribution in [0.4, 0.5) is 0 Å². The van der Waals surface area contributed by atoms with Gasteiger partial charge in [-0.05, 0) is 17.7 Å². The molecule has 0 radical (unpaired) electrons. The van der Waals surface area contributed by atoms with Gasteiger partial charge in [0.05, 0.1) is 11.3 Å². The average molecular weight is 387 g/mol. The lowest BCUT2D eigenvalue weighted by molar-refractivity contribution is -0.131. The van der Waals surface area contributed by atoms with Gasteiger partial charge in [0, 0.05) is 19.6 Å². The molecule has 7 nitrogen and oxygen atoms in total. The van der Waals surface area contributed by atoms with Crippen LogP contribution in [0.5, 0.6) is 0 Å². The maximum Gasteiger partial charge on any atom is 0.243 e. The first-order valence-electron chi connectivity index (χ1n) is 8.64. The molecule has 2 amide bonds. The highest BCUT2D eigenvalue weighted by Gasteiger charge is 2.39. The Bertz CT molecular complexity index is 901. The first-order chi connectivity index (χ1) is 13.0. The Morgan fingerprint density at radius 2 is 1.70 bits per heavy atom. The predicted octanol–water partition coefficient (Wildman–Crippen LogP) is 0.882. The highest BCUT2D eigenvalue weighted by atomic mass is 32.2. The van der Waals surface area contributed by atoms with Crippen LogP contribution in [0, 0.1) is 0 Å². The van der Waals surface area contributed by atoms with Crippen molar-refractivity contribution >= 4 is 21.8 Å². The minimum Gasteiger partial charge on any atom is -0.353 e. The lowest BCUT2D eigenvalue weighted by atomic mass is 10.1. The number of nitrogens with one attached hydrogen (secondary N) is 2. The highest BCUT2D eigenvalue weighted by Crippen LogP contribution is 2.21. The summed E-state index contributed by atoms with van der Waals surface area (Å²) < 4.78 is 27.0. The summed E-state index contributed by atoms with van der Waals surface area (Å²) in [5, 5.41) is 5.38. The molecule has 2 aromatic rings. The summed E-state index contributed by atoms with van der Waals surface area (Å²) in [7, 11) is -3.86. The van der Waals surface area contributed by atoms with Crippen LogP contribution in [0.3, 0.4) is 0 Å². The predicted molar refractivity (Wildman–Crippen MR) is 100 cm³/mol. The molecule has 2 N–H and O–H groups in total. The van der Waals surface area contributed by atoms with E-state index < -0.39 is 22.0 Å². The van der Waals surface area contributed by atoms with E-state index in [4.69, 9.17) is 0 Å². The smallest absolute Gasteiger partial charge is 0.243 e. The van der Waals surface area contributed by atoms with E-state index in [9.17, 15) is 18.0 Å². The molecule has 27 heavy (non-hydrogen) atoms. The van der Waals surface area contributed by atoms with Crippen LogP contribution in [-0.2, 0) is 26.2 Å². The van der Waals surface area contributed by atoms with Gasteiger partial charge in [-0.15, -0.1) is 0 Å². The van der Waals surface area contributed by atoms with Crippen LogP contribution >= 0.6 is 0 Å². The fourth-order valence-corrected chi connectivity index (χ4v) is 4.56. The number of amides is 2. The molecule has 0 spiro atoms. The van der Waals surface area contributed by atoms with Crippen LogP contribution in [0.25, 0.3) is 0 Å². The average Bonchev–Trinajstić information content (AvgIpc) is 2.69. The van der Waals surface area contributed by atoms with Crippen molar-refractivity contribution in [2.75, 3.05) is 13.1 Å². The number of hydrogen-bond acceptors (Lipinski definition) is 4. The molecule has 2 aromatic carbocycles. The zero-order valence-electron chi connectivity index (χ0n) is 14.7. The van der Waals surface area contributed by atoms with E-state index in [2.05, 4.69) is 10.6 Å². The monoisotopic (exact) mass is 387 g/mol. The van der Waals surface area contributed by atoms with Crippen molar-refractivity contribution in [1.82, 2.24) is 14.9 Å². The van der Waals surface area contributed by atoms with E-state index in [1.807, 2.05) is 30.3 Å². The number of rotatable bonds is 6. The third-order valence-electron chi connectivity index (χ3n) is 4.34. The number of carbonyl (C=O) groups is 2. The summed E-state index contributed by atoms with van der Waals surface area (Å²) in [4.78, 5) is 24.7. The number of piperazine rings is 1. The first-order valence-corrected chi connectivity index (χ1v) is 10.1.